The van der Waals surface area contributed by atoms with Gasteiger partial charge in [0.25, 0.3) is 0 Å². The van der Waals surface area contributed by atoms with Crippen LogP contribution in [0.1, 0.15) is 32.6 Å². The summed E-state index contributed by atoms with van der Waals surface area (Å²) in [6.45, 7) is -0.857. The van der Waals surface area contributed by atoms with Gasteiger partial charge in [-0.2, -0.15) is 26.3 Å². The second-order valence-corrected chi connectivity index (χ2v) is 6.45. The summed E-state index contributed by atoms with van der Waals surface area (Å²) < 4.78 is 77.9. The average Bonchev–Trinajstić information content (AvgIpc) is 2.80. The molecule has 1 saturated carbocycles. The van der Waals surface area contributed by atoms with Gasteiger partial charge in [-0.3, -0.25) is 9.59 Å². The molecule has 2 fully saturated rings. The van der Waals surface area contributed by atoms with E-state index < -0.39 is 49.2 Å². The molecule has 2 rings (SSSR count). The van der Waals surface area contributed by atoms with E-state index in [-0.39, 0.29) is 11.8 Å². The largest absolute Gasteiger partial charge is 0.404 e. The van der Waals surface area contributed by atoms with E-state index in [1.807, 2.05) is 0 Å². The van der Waals surface area contributed by atoms with Crippen molar-refractivity contribution in [3.05, 3.63) is 0 Å². The first kappa shape index (κ1) is 18.9. The van der Waals surface area contributed by atoms with Crippen LogP contribution in [-0.4, -0.2) is 48.2 Å². The maximum atomic E-state index is 13.0. The monoisotopic (exact) mass is 360 g/mol. The Labute approximate surface area is 134 Å². The molecule has 0 aromatic rings. The smallest absolute Gasteiger partial charge is 0.344 e. The van der Waals surface area contributed by atoms with E-state index >= 15 is 0 Å². The first-order valence-corrected chi connectivity index (χ1v) is 7.62. The highest BCUT2D eigenvalue weighted by Gasteiger charge is 2.73. The van der Waals surface area contributed by atoms with Crippen molar-refractivity contribution in [3.63, 3.8) is 0 Å². The molecule has 1 aliphatic carbocycles. The van der Waals surface area contributed by atoms with Gasteiger partial charge in [-0.05, 0) is 26.2 Å². The number of rotatable bonds is 3. The Morgan fingerprint density at radius 2 is 1.67 bits per heavy atom. The van der Waals surface area contributed by atoms with Crippen LogP contribution in [-0.2, 0) is 9.59 Å². The van der Waals surface area contributed by atoms with Crippen LogP contribution in [0.15, 0.2) is 0 Å². The number of halogens is 6. The number of alkyl halides is 6. The third-order valence-electron chi connectivity index (χ3n) is 4.87. The number of nitrogens with zero attached hydrogens (tertiary/aromatic N) is 1. The highest BCUT2D eigenvalue weighted by atomic mass is 19.4. The molecule has 24 heavy (non-hydrogen) atoms. The van der Waals surface area contributed by atoms with Crippen molar-refractivity contribution in [2.75, 3.05) is 13.1 Å². The van der Waals surface area contributed by atoms with Gasteiger partial charge < -0.3 is 10.2 Å². The van der Waals surface area contributed by atoms with Crippen LogP contribution in [0.3, 0.4) is 0 Å². The molecule has 1 saturated heterocycles. The number of hydrogen-bond acceptors (Lipinski definition) is 2. The maximum Gasteiger partial charge on any atom is 0.404 e. The summed E-state index contributed by atoms with van der Waals surface area (Å²) in [5.41, 5.74) is -3.91. The fraction of sp³-hybridized carbons (Fsp3) is 0.857. The van der Waals surface area contributed by atoms with Crippen LogP contribution in [0, 0.1) is 11.3 Å². The Kier molecular flexibility index (Phi) is 4.80. The van der Waals surface area contributed by atoms with Crippen LogP contribution in [0.4, 0.5) is 26.3 Å². The Morgan fingerprint density at radius 3 is 2.04 bits per heavy atom. The molecule has 2 aliphatic rings. The molecule has 10 heteroatoms. The van der Waals surface area contributed by atoms with E-state index in [0.29, 0.717) is 17.7 Å². The van der Waals surface area contributed by atoms with Gasteiger partial charge in [0.05, 0.1) is 0 Å². The number of carbonyl (C=O) groups is 2. The first-order valence-electron chi connectivity index (χ1n) is 7.62. The predicted octanol–water partition coefficient (Wildman–Crippen LogP) is 2.63. The van der Waals surface area contributed by atoms with E-state index in [9.17, 15) is 35.9 Å². The highest BCUT2D eigenvalue weighted by Crippen LogP contribution is 2.55. The van der Waals surface area contributed by atoms with Gasteiger partial charge in [0, 0.05) is 19.0 Å². The summed E-state index contributed by atoms with van der Waals surface area (Å²) in [5.74, 6) is -1.56. The lowest BCUT2D eigenvalue weighted by Gasteiger charge is -2.34. The SMILES string of the molecule is CC(NC(=O)C1CCC1)C(=O)N1CCC(C(F)(F)F)(C(F)(F)F)C1. The van der Waals surface area contributed by atoms with Crippen molar-refractivity contribution >= 4 is 11.8 Å². The topological polar surface area (TPSA) is 49.4 Å². The highest BCUT2D eigenvalue weighted by molar-refractivity contribution is 5.88. The van der Waals surface area contributed by atoms with E-state index in [1.54, 1.807) is 0 Å². The number of amides is 2. The molecule has 0 bridgehead atoms. The Morgan fingerprint density at radius 1 is 1.12 bits per heavy atom. The molecule has 1 atom stereocenters. The van der Waals surface area contributed by atoms with Crippen molar-refractivity contribution in [2.45, 2.75) is 51.0 Å². The van der Waals surface area contributed by atoms with E-state index in [4.69, 9.17) is 0 Å². The van der Waals surface area contributed by atoms with Crippen LogP contribution >= 0.6 is 0 Å². The Hall–Kier alpha value is -1.48. The Balaban J connectivity index is 2.05. The summed E-state index contributed by atoms with van der Waals surface area (Å²) in [7, 11) is 0. The lowest BCUT2D eigenvalue weighted by molar-refractivity contribution is -0.334. The van der Waals surface area contributed by atoms with Gasteiger partial charge in [-0.25, -0.2) is 0 Å². The van der Waals surface area contributed by atoms with Gasteiger partial charge in [0.1, 0.15) is 6.04 Å². The molecule has 0 aromatic carbocycles. The van der Waals surface area contributed by atoms with Crippen LogP contribution in [0.2, 0.25) is 0 Å². The molecule has 1 unspecified atom stereocenters. The minimum Gasteiger partial charge on any atom is -0.344 e. The predicted molar refractivity (Wildman–Crippen MR) is 70.7 cm³/mol. The second kappa shape index (κ2) is 6.11. The molecular weight excluding hydrogens is 342 g/mol. The summed E-state index contributed by atoms with van der Waals surface area (Å²) in [6.07, 6.45) is -10.0. The molecule has 4 nitrogen and oxygen atoms in total. The molecule has 1 heterocycles. The third kappa shape index (κ3) is 3.19. The molecular formula is C14H18F6N2O2. The second-order valence-electron chi connectivity index (χ2n) is 6.45. The molecule has 0 radical (unpaired) electrons. The molecule has 138 valence electrons. The zero-order valence-corrected chi connectivity index (χ0v) is 12.9. The number of likely N-dealkylation sites (tertiary alicyclic amines) is 1. The Bertz CT molecular complexity index is 498. The molecule has 1 aliphatic heterocycles. The van der Waals surface area contributed by atoms with Gasteiger partial charge in [0.2, 0.25) is 11.8 Å². The van der Waals surface area contributed by atoms with E-state index in [0.717, 1.165) is 6.42 Å². The average molecular weight is 360 g/mol. The summed E-state index contributed by atoms with van der Waals surface area (Å²) >= 11 is 0. The van der Waals surface area contributed by atoms with E-state index in [2.05, 4.69) is 5.32 Å². The summed E-state index contributed by atoms with van der Waals surface area (Å²) in [4.78, 5) is 24.4. The molecule has 0 aromatic heterocycles. The van der Waals surface area contributed by atoms with Crippen LogP contribution in [0.25, 0.3) is 0 Å². The molecule has 0 spiro atoms. The first-order chi connectivity index (χ1) is 10.9. The normalized spacial score (nSPS) is 22.9. The van der Waals surface area contributed by atoms with Crippen LogP contribution in [0.5, 0.6) is 0 Å². The quantitative estimate of drug-likeness (QED) is 0.787. The third-order valence-corrected chi connectivity index (χ3v) is 4.87. The maximum absolute atomic E-state index is 13.0. The van der Waals surface area contributed by atoms with Gasteiger partial charge >= 0.3 is 12.4 Å². The minimum absolute atomic E-state index is 0.233. The van der Waals surface area contributed by atoms with Crippen molar-refractivity contribution < 1.29 is 35.9 Å². The van der Waals surface area contributed by atoms with Crippen molar-refractivity contribution in [1.82, 2.24) is 10.2 Å². The fourth-order valence-corrected chi connectivity index (χ4v) is 2.96. The minimum atomic E-state index is -5.50. The van der Waals surface area contributed by atoms with Crippen LogP contribution < -0.4 is 5.32 Å². The van der Waals surface area contributed by atoms with Gasteiger partial charge in [-0.15, -0.1) is 0 Å². The summed E-state index contributed by atoms with van der Waals surface area (Å²) in [6, 6.07) is -1.16. The number of nitrogens with one attached hydrogen (secondary N) is 1. The number of hydrogen-bond donors (Lipinski definition) is 1. The van der Waals surface area contributed by atoms with Gasteiger partial charge in [0.15, 0.2) is 5.41 Å². The van der Waals surface area contributed by atoms with E-state index in [1.165, 1.54) is 6.92 Å². The fourth-order valence-electron chi connectivity index (χ4n) is 2.96. The van der Waals surface area contributed by atoms with Crippen molar-refractivity contribution in [2.24, 2.45) is 11.3 Å². The van der Waals surface area contributed by atoms with Crippen molar-refractivity contribution in [1.29, 1.82) is 0 Å². The molecule has 2 amide bonds. The zero-order chi connectivity index (χ0) is 18.3. The standard InChI is InChI=1S/C14H18F6N2O2/c1-8(21-10(23)9-3-2-4-9)11(24)22-6-5-12(7-22,13(15,16)17)14(18,19)20/h8-9H,2-7H2,1H3,(H,21,23). The zero-order valence-electron chi connectivity index (χ0n) is 12.9. The van der Waals surface area contributed by atoms with Gasteiger partial charge in [-0.1, -0.05) is 6.42 Å². The summed E-state index contributed by atoms with van der Waals surface area (Å²) in [5, 5.41) is 2.37. The molecule has 1 N–H and O–H groups in total. The number of carbonyl (C=O) groups excluding carboxylic acids is 2. The van der Waals surface area contributed by atoms with Crippen molar-refractivity contribution in [3.8, 4) is 0 Å². The lowest BCUT2D eigenvalue weighted by Crippen LogP contribution is -2.54. The lowest BCUT2D eigenvalue weighted by atomic mass is 9.84.